The van der Waals surface area contributed by atoms with Crippen LogP contribution in [0.4, 0.5) is 0 Å². The molecule has 5 nitrogen and oxygen atoms in total. The van der Waals surface area contributed by atoms with Crippen molar-refractivity contribution in [3.05, 3.63) is 34.9 Å². The quantitative estimate of drug-likeness (QED) is 0.672. The monoisotopic (exact) mass is 323 g/mol. The number of aryl methyl sites for hydroxylation is 2. The van der Waals surface area contributed by atoms with Gasteiger partial charge in [0.15, 0.2) is 6.23 Å². The number of carbonyl (C=O) groups is 1. The second kappa shape index (κ2) is 10.4. The van der Waals surface area contributed by atoms with E-state index in [1.54, 1.807) is 4.90 Å². The minimum absolute atomic E-state index is 0.0630. The van der Waals surface area contributed by atoms with Crippen LogP contribution in [-0.2, 0) is 15.9 Å². The largest absolute Gasteiger partial charge is 0.394 e. The minimum atomic E-state index is -0.495. The Kier molecular flexibility index (Phi) is 8.84. The third-order valence-electron chi connectivity index (χ3n) is 3.69. The zero-order chi connectivity index (χ0) is 17.2. The zero-order valence-corrected chi connectivity index (χ0v) is 14.7. The van der Waals surface area contributed by atoms with Crippen molar-refractivity contribution < 1.29 is 19.4 Å². The predicted octanol–water partition coefficient (Wildman–Crippen LogP) is 2.39. The summed E-state index contributed by atoms with van der Waals surface area (Å²) in [6.45, 7) is 9.33. The Bertz CT molecular complexity index is 482. The maximum Gasteiger partial charge on any atom is 0.256 e. The van der Waals surface area contributed by atoms with E-state index in [1.165, 1.54) is 0 Å². The Morgan fingerprint density at radius 1 is 1.30 bits per heavy atom. The van der Waals surface area contributed by atoms with Gasteiger partial charge in [-0.25, -0.2) is 0 Å². The van der Waals surface area contributed by atoms with Gasteiger partial charge in [-0.2, -0.15) is 0 Å². The van der Waals surface area contributed by atoms with Crippen LogP contribution >= 0.6 is 0 Å². The van der Waals surface area contributed by atoms with Gasteiger partial charge in [-0.1, -0.05) is 24.6 Å². The number of likely N-dealkylation sites (N-methyl/N-ethyl adjacent to an activating group) is 1. The summed E-state index contributed by atoms with van der Waals surface area (Å²) >= 11 is 0. The highest BCUT2D eigenvalue weighted by Crippen LogP contribution is 2.17. The van der Waals surface area contributed by atoms with E-state index in [1.807, 2.05) is 45.9 Å². The maximum absolute atomic E-state index is 13.0. The molecule has 0 spiro atoms. The van der Waals surface area contributed by atoms with Gasteiger partial charge in [0.05, 0.1) is 19.8 Å². The van der Waals surface area contributed by atoms with Crippen LogP contribution in [0.25, 0.3) is 0 Å². The molecule has 0 aromatic heterocycles. The second-order valence-electron chi connectivity index (χ2n) is 5.31. The normalized spacial score (nSPS) is 12.2. The van der Waals surface area contributed by atoms with Gasteiger partial charge in [0, 0.05) is 18.7 Å². The summed E-state index contributed by atoms with van der Waals surface area (Å²) in [5, 5.41) is 8.99. The van der Waals surface area contributed by atoms with E-state index >= 15 is 0 Å². The Morgan fingerprint density at radius 3 is 2.61 bits per heavy atom. The summed E-state index contributed by atoms with van der Waals surface area (Å²) < 4.78 is 11.1. The number of hydrogen-bond donors (Lipinski definition) is 1. The maximum atomic E-state index is 13.0. The molecule has 0 aliphatic heterocycles. The highest BCUT2D eigenvalue weighted by molar-refractivity contribution is 5.96. The van der Waals surface area contributed by atoms with Crippen molar-refractivity contribution in [1.82, 2.24) is 4.90 Å². The fourth-order valence-electron chi connectivity index (χ4n) is 2.49. The number of nitrogens with zero attached hydrogens (tertiary/aromatic N) is 1. The molecule has 1 amide bonds. The summed E-state index contributed by atoms with van der Waals surface area (Å²) in [6.07, 6.45) is 0.305. The molecule has 0 aliphatic carbocycles. The summed E-state index contributed by atoms with van der Waals surface area (Å²) in [5.74, 6) is -0.0630. The Balaban J connectivity index is 3.02. The highest BCUT2D eigenvalue weighted by Gasteiger charge is 2.25. The second-order valence-corrected chi connectivity index (χ2v) is 5.31. The average Bonchev–Trinajstić information content (AvgIpc) is 2.56. The van der Waals surface area contributed by atoms with Gasteiger partial charge in [-0.05, 0) is 38.8 Å². The van der Waals surface area contributed by atoms with Gasteiger partial charge in [0.25, 0.3) is 5.91 Å². The molecule has 0 saturated carbocycles. The topological polar surface area (TPSA) is 59.0 Å². The molecule has 0 fully saturated rings. The number of benzene rings is 1. The van der Waals surface area contributed by atoms with Crippen molar-refractivity contribution in [2.24, 2.45) is 0 Å². The number of carbonyl (C=O) groups excluding carboxylic acids is 1. The lowest BCUT2D eigenvalue weighted by atomic mass is 10.0. The molecular weight excluding hydrogens is 294 g/mol. The summed E-state index contributed by atoms with van der Waals surface area (Å²) in [5.41, 5.74) is 2.88. The molecule has 1 aromatic rings. The van der Waals surface area contributed by atoms with Crippen molar-refractivity contribution in [1.29, 1.82) is 0 Å². The Labute approximate surface area is 139 Å². The van der Waals surface area contributed by atoms with Gasteiger partial charge in [-0.3, -0.25) is 4.79 Å². The number of aliphatic hydroxyl groups is 1. The van der Waals surface area contributed by atoms with Crippen molar-refractivity contribution in [2.75, 3.05) is 33.0 Å². The lowest BCUT2D eigenvalue weighted by molar-refractivity contribution is -0.0920. The van der Waals surface area contributed by atoms with Crippen LogP contribution in [0.15, 0.2) is 18.2 Å². The first-order valence-electron chi connectivity index (χ1n) is 8.29. The van der Waals surface area contributed by atoms with Crippen molar-refractivity contribution in [3.63, 3.8) is 0 Å². The number of hydrogen-bond acceptors (Lipinski definition) is 4. The van der Waals surface area contributed by atoms with Gasteiger partial charge in [0.1, 0.15) is 0 Å². The van der Waals surface area contributed by atoms with E-state index in [-0.39, 0.29) is 19.1 Å². The number of ether oxygens (including phenoxy) is 2. The SMILES string of the molecule is CCOCC(OCCO)N(CC)C(=O)c1ccc(C)cc1CC. The van der Waals surface area contributed by atoms with Gasteiger partial charge < -0.3 is 19.5 Å². The highest BCUT2D eigenvalue weighted by atomic mass is 16.5. The van der Waals surface area contributed by atoms with Crippen molar-refractivity contribution in [3.8, 4) is 0 Å². The molecular formula is C18H29NO4. The first kappa shape index (κ1) is 19.6. The molecule has 23 heavy (non-hydrogen) atoms. The number of amides is 1. The fourth-order valence-corrected chi connectivity index (χ4v) is 2.49. The summed E-state index contributed by atoms with van der Waals surface area (Å²) in [7, 11) is 0. The minimum Gasteiger partial charge on any atom is -0.394 e. The molecule has 1 unspecified atom stereocenters. The van der Waals surface area contributed by atoms with Crippen molar-refractivity contribution in [2.45, 2.75) is 40.3 Å². The molecule has 1 rings (SSSR count). The predicted molar refractivity (Wildman–Crippen MR) is 90.6 cm³/mol. The van der Waals surface area contributed by atoms with Crippen LogP contribution in [0, 0.1) is 6.92 Å². The van der Waals surface area contributed by atoms with E-state index in [0.29, 0.717) is 25.3 Å². The van der Waals surface area contributed by atoms with Crippen LogP contribution in [-0.4, -0.2) is 55.1 Å². The first-order chi connectivity index (χ1) is 11.1. The van der Waals surface area contributed by atoms with Crippen LogP contribution in [0.2, 0.25) is 0 Å². The third-order valence-corrected chi connectivity index (χ3v) is 3.69. The molecule has 5 heteroatoms. The first-order valence-corrected chi connectivity index (χ1v) is 8.29. The molecule has 1 N–H and O–H groups in total. The molecule has 1 atom stereocenters. The van der Waals surface area contributed by atoms with E-state index < -0.39 is 6.23 Å². The lowest BCUT2D eigenvalue weighted by Gasteiger charge is -2.31. The van der Waals surface area contributed by atoms with Crippen LogP contribution in [0.5, 0.6) is 0 Å². The molecule has 0 radical (unpaired) electrons. The Morgan fingerprint density at radius 2 is 2.04 bits per heavy atom. The number of rotatable bonds is 10. The number of aliphatic hydroxyl groups excluding tert-OH is 1. The van der Waals surface area contributed by atoms with Crippen molar-refractivity contribution >= 4 is 5.91 Å². The molecule has 0 bridgehead atoms. The molecule has 1 aromatic carbocycles. The molecule has 0 saturated heterocycles. The third kappa shape index (κ3) is 5.61. The van der Waals surface area contributed by atoms with E-state index in [9.17, 15) is 4.79 Å². The van der Waals surface area contributed by atoms with E-state index in [2.05, 4.69) is 0 Å². The lowest BCUT2D eigenvalue weighted by Crippen LogP contribution is -2.45. The van der Waals surface area contributed by atoms with E-state index in [0.717, 1.165) is 17.5 Å². The fraction of sp³-hybridized carbons (Fsp3) is 0.611. The summed E-state index contributed by atoms with van der Waals surface area (Å²) in [6, 6.07) is 5.88. The smallest absolute Gasteiger partial charge is 0.256 e. The average molecular weight is 323 g/mol. The Hall–Kier alpha value is -1.43. The molecule has 0 heterocycles. The molecule has 130 valence electrons. The summed E-state index contributed by atoms with van der Waals surface area (Å²) in [4.78, 5) is 14.6. The van der Waals surface area contributed by atoms with Crippen LogP contribution in [0.1, 0.15) is 42.3 Å². The van der Waals surface area contributed by atoms with Gasteiger partial charge in [-0.15, -0.1) is 0 Å². The molecule has 0 aliphatic rings. The van der Waals surface area contributed by atoms with Gasteiger partial charge >= 0.3 is 0 Å². The van der Waals surface area contributed by atoms with Crippen LogP contribution < -0.4 is 0 Å². The van der Waals surface area contributed by atoms with E-state index in [4.69, 9.17) is 14.6 Å². The van der Waals surface area contributed by atoms with Gasteiger partial charge in [0.2, 0.25) is 0 Å². The zero-order valence-electron chi connectivity index (χ0n) is 14.7. The standard InChI is InChI=1S/C18H29NO4/c1-5-15-12-14(4)8-9-16(15)18(21)19(6-2)17(13-22-7-3)23-11-10-20/h8-9,12,17,20H,5-7,10-11,13H2,1-4H3. The van der Waals surface area contributed by atoms with Crippen LogP contribution in [0.3, 0.4) is 0 Å².